The van der Waals surface area contributed by atoms with Crippen molar-refractivity contribution in [3.63, 3.8) is 0 Å². The maximum Gasteiger partial charge on any atom is -0.00930 e. The highest BCUT2D eigenvalue weighted by molar-refractivity contribution is 6.15. The second-order valence-corrected chi connectivity index (χ2v) is 13.4. The highest BCUT2D eigenvalue weighted by Gasteiger charge is 2.15. The van der Waals surface area contributed by atoms with E-state index >= 15 is 0 Å². The molecule has 0 atom stereocenters. The lowest BCUT2D eigenvalue weighted by Gasteiger charge is -2.17. The third-order valence-corrected chi connectivity index (χ3v) is 10.4. The van der Waals surface area contributed by atoms with E-state index in [1.165, 1.54) is 98.4 Å². The minimum absolute atomic E-state index is 1.22. The Hall–Kier alpha value is -6.50. The molecule has 0 aromatic heterocycles. The molecule has 0 aliphatic carbocycles. The molecule has 0 radical (unpaired) electrons. The summed E-state index contributed by atoms with van der Waals surface area (Å²) >= 11 is 0. The van der Waals surface area contributed by atoms with Crippen molar-refractivity contribution in [1.82, 2.24) is 0 Å². The Morgan fingerprint density at radius 3 is 1.38 bits per heavy atom. The van der Waals surface area contributed by atoms with Gasteiger partial charge in [0, 0.05) is 0 Å². The lowest BCUT2D eigenvalue weighted by molar-refractivity contribution is 1.62. The summed E-state index contributed by atoms with van der Waals surface area (Å²) in [5, 5.41) is 12.6. The fourth-order valence-corrected chi connectivity index (χ4v) is 7.81. The predicted molar refractivity (Wildman–Crippen MR) is 216 cm³/mol. The van der Waals surface area contributed by atoms with E-state index in [0.717, 1.165) is 0 Å². The summed E-state index contributed by atoms with van der Waals surface area (Å²) in [5.41, 5.74) is 9.81. The molecule has 0 spiro atoms. The quantitative estimate of drug-likeness (QED) is 0.169. The zero-order valence-electron chi connectivity index (χ0n) is 27.5. The van der Waals surface area contributed by atoms with Crippen LogP contribution in [0.15, 0.2) is 194 Å². The Bertz CT molecular complexity index is 2910. The number of hydrogen-bond donors (Lipinski definition) is 0. The third kappa shape index (κ3) is 4.85. The monoisotopic (exact) mass is 632 g/mol. The molecule has 0 saturated carbocycles. The first kappa shape index (κ1) is 28.5. The summed E-state index contributed by atoms with van der Waals surface area (Å²) < 4.78 is 0. The van der Waals surface area contributed by atoms with Crippen molar-refractivity contribution in [1.29, 1.82) is 0 Å². The Morgan fingerprint density at radius 2 is 0.660 bits per heavy atom. The molecule has 0 heteroatoms. The molecule has 0 aliphatic rings. The number of benzene rings is 10. The maximum atomic E-state index is 2.42. The molecule has 0 heterocycles. The van der Waals surface area contributed by atoms with E-state index in [4.69, 9.17) is 0 Å². The second-order valence-electron chi connectivity index (χ2n) is 13.4. The first-order valence-corrected chi connectivity index (χ1v) is 17.3. The minimum atomic E-state index is 1.22. The van der Waals surface area contributed by atoms with Crippen molar-refractivity contribution in [3.8, 4) is 44.5 Å². The Labute approximate surface area is 291 Å². The van der Waals surface area contributed by atoms with Gasteiger partial charge in [-0.2, -0.15) is 0 Å². The van der Waals surface area contributed by atoms with Gasteiger partial charge in [-0.1, -0.05) is 152 Å². The normalized spacial score (nSPS) is 11.6. The fraction of sp³-hybridized carbons (Fsp3) is 0. The van der Waals surface area contributed by atoms with E-state index in [1.807, 2.05) is 0 Å². The molecule has 0 aliphatic heterocycles. The van der Waals surface area contributed by atoms with Gasteiger partial charge < -0.3 is 0 Å². The Morgan fingerprint density at radius 1 is 0.180 bits per heavy atom. The van der Waals surface area contributed by atoms with Crippen molar-refractivity contribution in [2.75, 3.05) is 0 Å². The average molecular weight is 633 g/mol. The molecule has 10 aromatic rings. The molecule has 0 nitrogen and oxygen atoms in total. The molecule has 0 bridgehead atoms. The second kappa shape index (κ2) is 11.6. The number of rotatable bonds is 4. The van der Waals surface area contributed by atoms with E-state index in [9.17, 15) is 0 Å². The van der Waals surface area contributed by atoms with Crippen LogP contribution in [0.2, 0.25) is 0 Å². The maximum absolute atomic E-state index is 2.42. The van der Waals surface area contributed by atoms with Crippen LogP contribution in [-0.4, -0.2) is 0 Å². The topological polar surface area (TPSA) is 0 Å². The van der Waals surface area contributed by atoms with E-state index in [-0.39, 0.29) is 0 Å². The van der Waals surface area contributed by atoms with Crippen LogP contribution >= 0.6 is 0 Å². The SMILES string of the molecule is c1ccc(-c2cc(-c3cc(-c4ccc5ccccc5c4)cc4ccc(-c5ccc6ccccc6c5)cc34)cc3c2ccc2ccccc23)cc1. The molecule has 10 rings (SSSR count). The van der Waals surface area contributed by atoms with Crippen LogP contribution in [0.4, 0.5) is 0 Å². The smallest absolute Gasteiger partial charge is 0.00930 e. The Balaban J connectivity index is 1.27. The van der Waals surface area contributed by atoms with Gasteiger partial charge in [-0.25, -0.2) is 0 Å². The number of fused-ring (bicyclic) bond motifs is 6. The molecule has 10 aromatic carbocycles. The molecule has 232 valence electrons. The van der Waals surface area contributed by atoms with Gasteiger partial charge in [-0.05, 0) is 141 Å². The molecule has 0 saturated heterocycles. The van der Waals surface area contributed by atoms with Crippen LogP contribution < -0.4 is 0 Å². The molecular weight excluding hydrogens is 601 g/mol. The van der Waals surface area contributed by atoms with E-state index < -0.39 is 0 Å². The van der Waals surface area contributed by atoms with Gasteiger partial charge in [0.2, 0.25) is 0 Å². The summed E-state index contributed by atoms with van der Waals surface area (Å²) in [6, 6.07) is 71.6. The first-order chi connectivity index (χ1) is 24.7. The van der Waals surface area contributed by atoms with Crippen molar-refractivity contribution in [3.05, 3.63) is 194 Å². The summed E-state index contributed by atoms with van der Waals surface area (Å²) in [6.45, 7) is 0. The van der Waals surface area contributed by atoms with Gasteiger partial charge >= 0.3 is 0 Å². The predicted octanol–water partition coefficient (Wildman–Crippen LogP) is 14.1. The van der Waals surface area contributed by atoms with Crippen LogP contribution in [0.1, 0.15) is 0 Å². The Kier molecular flexibility index (Phi) is 6.60. The molecular formula is C50H32. The van der Waals surface area contributed by atoms with E-state index in [2.05, 4.69) is 194 Å². The highest BCUT2D eigenvalue weighted by atomic mass is 14.2. The van der Waals surface area contributed by atoms with Crippen molar-refractivity contribution in [2.45, 2.75) is 0 Å². The zero-order chi connectivity index (χ0) is 33.0. The van der Waals surface area contributed by atoms with Gasteiger partial charge in [0.05, 0.1) is 0 Å². The standard InChI is InChI=1S/C50H32/c1-2-12-35(13-3-1)47-31-44(32-50-45-17-9-8-14-36(45)24-25-46(47)50)49-30-43(40-21-19-34-11-5-7-16-38(34)27-40)28-42-23-22-41(29-48(42)49)39-20-18-33-10-4-6-15-37(33)26-39/h1-32H. The van der Waals surface area contributed by atoms with E-state index in [1.54, 1.807) is 0 Å². The minimum Gasteiger partial charge on any atom is -0.0622 e. The van der Waals surface area contributed by atoms with E-state index in [0.29, 0.717) is 0 Å². The van der Waals surface area contributed by atoms with Crippen molar-refractivity contribution >= 4 is 53.9 Å². The van der Waals surface area contributed by atoms with Gasteiger partial charge in [-0.3, -0.25) is 0 Å². The number of hydrogen-bond acceptors (Lipinski definition) is 0. The largest absolute Gasteiger partial charge is 0.0622 e. The van der Waals surface area contributed by atoms with Gasteiger partial charge in [0.25, 0.3) is 0 Å². The van der Waals surface area contributed by atoms with Gasteiger partial charge in [-0.15, -0.1) is 0 Å². The molecule has 50 heavy (non-hydrogen) atoms. The summed E-state index contributed by atoms with van der Waals surface area (Å²) in [4.78, 5) is 0. The lowest BCUT2D eigenvalue weighted by Crippen LogP contribution is -1.90. The van der Waals surface area contributed by atoms with Crippen molar-refractivity contribution < 1.29 is 0 Å². The summed E-state index contributed by atoms with van der Waals surface area (Å²) in [5.74, 6) is 0. The highest BCUT2D eigenvalue weighted by Crippen LogP contribution is 2.42. The van der Waals surface area contributed by atoms with Crippen LogP contribution in [0.3, 0.4) is 0 Å². The van der Waals surface area contributed by atoms with Crippen molar-refractivity contribution in [2.24, 2.45) is 0 Å². The van der Waals surface area contributed by atoms with Gasteiger partial charge in [0.1, 0.15) is 0 Å². The van der Waals surface area contributed by atoms with Crippen LogP contribution in [0.25, 0.3) is 98.4 Å². The van der Waals surface area contributed by atoms with Crippen LogP contribution in [-0.2, 0) is 0 Å². The summed E-state index contributed by atoms with van der Waals surface area (Å²) in [7, 11) is 0. The lowest BCUT2D eigenvalue weighted by atomic mass is 9.87. The van der Waals surface area contributed by atoms with Crippen LogP contribution in [0, 0.1) is 0 Å². The average Bonchev–Trinajstić information content (AvgIpc) is 3.19. The van der Waals surface area contributed by atoms with Gasteiger partial charge in [0.15, 0.2) is 0 Å². The zero-order valence-corrected chi connectivity index (χ0v) is 27.5. The molecule has 0 fully saturated rings. The third-order valence-electron chi connectivity index (χ3n) is 10.4. The summed E-state index contributed by atoms with van der Waals surface area (Å²) in [6.07, 6.45) is 0. The molecule has 0 N–H and O–H groups in total. The fourth-order valence-electron chi connectivity index (χ4n) is 7.81. The molecule has 0 amide bonds. The van der Waals surface area contributed by atoms with Crippen LogP contribution in [0.5, 0.6) is 0 Å². The first-order valence-electron chi connectivity index (χ1n) is 17.3. The molecule has 0 unspecified atom stereocenters.